The molecule has 1 N–H and O–H groups in total. The monoisotopic (exact) mass is 282 g/mol. The molecule has 112 valence electrons. The topological polar surface area (TPSA) is 90.1 Å². The van der Waals surface area contributed by atoms with Crippen LogP contribution in [0.15, 0.2) is 6.20 Å². The molecule has 0 aliphatic rings. The first-order valence-corrected chi connectivity index (χ1v) is 6.99. The van der Waals surface area contributed by atoms with Crippen molar-refractivity contribution in [3.63, 3.8) is 0 Å². The van der Waals surface area contributed by atoms with Gasteiger partial charge in [-0.25, -0.2) is 0 Å². The Labute approximate surface area is 118 Å². The number of unbranched alkanes of at least 4 members (excludes halogenated alkanes) is 3. The summed E-state index contributed by atoms with van der Waals surface area (Å²) in [5.41, 5.74) is 0.468. The van der Waals surface area contributed by atoms with E-state index in [0.717, 1.165) is 12.8 Å². The smallest absolute Gasteiger partial charge is 0.309 e. The number of carbonyl (C=O) groups is 1. The van der Waals surface area contributed by atoms with Crippen LogP contribution in [0.25, 0.3) is 0 Å². The Morgan fingerprint density at radius 3 is 2.80 bits per heavy atom. The molecule has 1 heterocycles. The second kappa shape index (κ2) is 8.29. The van der Waals surface area contributed by atoms with E-state index in [4.69, 9.17) is 0 Å². The summed E-state index contributed by atoms with van der Waals surface area (Å²) in [6.07, 6.45) is 5.98. The molecule has 0 bridgehead atoms. The summed E-state index contributed by atoms with van der Waals surface area (Å²) in [5.74, 6) is -0.0425. The molecule has 7 heteroatoms. The maximum atomic E-state index is 11.6. The minimum absolute atomic E-state index is 0.00928. The Kier molecular flexibility index (Phi) is 6.69. The largest absolute Gasteiger partial charge is 0.356 e. The van der Waals surface area contributed by atoms with Crippen LogP contribution in [0.1, 0.15) is 44.7 Å². The first kappa shape index (κ1) is 16.1. The van der Waals surface area contributed by atoms with E-state index in [0.29, 0.717) is 18.8 Å². The van der Waals surface area contributed by atoms with Gasteiger partial charge in [0.2, 0.25) is 5.91 Å². The summed E-state index contributed by atoms with van der Waals surface area (Å²) >= 11 is 0. The van der Waals surface area contributed by atoms with E-state index in [-0.39, 0.29) is 18.0 Å². The molecule has 0 unspecified atom stereocenters. The fourth-order valence-electron chi connectivity index (χ4n) is 1.92. The quantitative estimate of drug-likeness (QED) is 0.427. The molecule has 0 atom stereocenters. The third-order valence-corrected chi connectivity index (χ3v) is 3.18. The van der Waals surface area contributed by atoms with Gasteiger partial charge in [0.15, 0.2) is 0 Å². The normalized spacial score (nSPS) is 10.5. The fraction of sp³-hybridized carbons (Fsp3) is 0.692. The number of rotatable bonds is 9. The highest BCUT2D eigenvalue weighted by Crippen LogP contribution is 2.16. The zero-order valence-corrected chi connectivity index (χ0v) is 12.1. The molecule has 0 aliphatic heterocycles. The lowest BCUT2D eigenvalue weighted by Gasteiger charge is -2.06. The highest BCUT2D eigenvalue weighted by molar-refractivity contribution is 5.75. The number of nitrogens with zero attached hydrogens (tertiary/aromatic N) is 3. The van der Waals surface area contributed by atoms with Crippen LogP contribution in [0.2, 0.25) is 0 Å². The molecule has 7 nitrogen and oxygen atoms in total. The number of carbonyl (C=O) groups excluding carboxylic acids is 1. The van der Waals surface area contributed by atoms with Gasteiger partial charge in [0, 0.05) is 13.0 Å². The Bertz CT molecular complexity index is 456. The maximum absolute atomic E-state index is 11.6. The summed E-state index contributed by atoms with van der Waals surface area (Å²) < 4.78 is 1.49. The molecule has 0 aliphatic carbocycles. The minimum atomic E-state index is -0.466. The first-order valence-electron chi connectivity index (χ1n) is 6.99. The van der Waals surface area contributed by atoms with Crippen LogP contribution >= 0.6 is 0 Å². The molecule has 1 amide bonds. The van der Waals surface area contributed by atoms with Crippen LogP contribution in [0, 0.1) is 17.0 Å². The van der Waals surface area contributed by atoms with Crippen molar-refractivity contribution in [1.82, 2.24) is 15.1 Å². The average Bonchev–Trinajstić information content (AvgIpc) is 2.77. The van der Waals surface area contributed by atoms with Crippen molar-refractivity contribution < 1.29 is 9.72 Å². The number of nitrogens with one attached hydrogen (secondary N) is 1. The van der Waals surface area contributed by atoms with Crippen LogP contribution < -0.4 is 5.32 Å². The molecule has 0 radical (unpaired) electrons. The molecule has 1 aromatic rings. The van der Waals surface area contributed by atoms with Crippen molar-refractivity contribution in [3.05, 3.63) is 22.0 Å². The van der Waals surface area contributed by atoms with Gasteiger partial charge >= 0.3 is 5.69 Å². The van der Waals surface area contributed by atoms with Gasteiger partial charge in [-0.3, -0.25) is 19.6 Å². The molecule has 0 saturated heterocycles. The summed E-state index contributed by atoms with van der Waals surface area (Å²) in [6.45, 7) is 4.83. The van der Waals surface area contributed by atoms with Gasteiger partial charge in [0.25, 0.3) is 0 Å². The molecular weight excluding hydrogens is 260 g/mol. The lowest BCUT2D eigenvalue weighted by atomic mass is 10.2. The first-order chi connectivity index (χ1) is 9.56. The van der Waals surface area contributed by atoms with E-state index in [2.05, 4.69) is 17.3 Å². The van der Waals surface area contributed by atoms with Crippen LogP contribution in [0.4, 0.5) is 5.69 Å². The summed E-state index contributed by atoms with van der Waals surface area (Å²) in [6, 6.07) is 0. The van der Waals surface area contributed by atoms with E-state index >= 15 is 0 Å². The molecule has 0 spiro atoms. The number of aryl methyl sites for hydroxylation is 1. The molecule has 0 aromatic carbocycles. The van der Waals surface area contributed by atoms with E-state index < -0.39 is 4.92 Å². The zero-order valence-electron chi connectivity index (χ0n) is 12.1. The van der Waals surface area contributed by atoms with E-state index in [9.17, 15) is 14.9 Å². The molecule has 0 fully saturated rings. The van der Waals surface area contributed by atoms with Crippen LogP contribution in [-0.4, -0.2) is 27.2 Å². The second-order valence-corrected chi connectivity index (χ2v) is 4.76. The number of hydrogen-bond acceptors (Lipinski definition) is 4. The lowest BCUT2D eigenvalue weighted by Crippen LogP contribution is -2.25. The van der Waals surface area contributed by atoms with Gasteiger partial charge < -0.3 is 5.32 Å². The van der Waals surface area contributed by atoms with Crippen molar-refractivity contribution in [2.75, 3.05) is 6.54 Å². The highest BCUT2D eigenvalue weighted by atomic mass is 16.6. The Hall–Kier alpha value is -1.92. The van der Waals surface area contributed by atoms with Crippen molar-refractivity contribution in [2.24, 2.45) is 0 Å². The number of aromatic nitrogens is 2. The number of hydrogen-bond donors (Lipinski definition) is 1. The standard InChI is InChI=1S/C13H22N4O3/c1-3-4-5-6-8-14-13(18)7-9-16-11(2)12(10-15-16)17(19)20/h10H,3-9H2,1-2H3,(H,14,18). The highest BCUT2D eigenvalue weighted by Gasteiger charge is 2.16. The summed E-state index contributed by atoms with van der Waals surface area (Å²) in [7, 11) is 0. The summed E-state index contributed by atoms with van der Waals surface area (Å²) in [4.78, 5) is 21.8. The molecule has 0 saturated carbocycles. The summed E-state index contributed by atoms with van der Waals surface area (Å²) in [5, 5.41) is 17.4. The second-order valence-electron chi connectivity index (χ2n) is 4.76. The Balaban J connectivity index is 2.29. The molecule has 20 heavy (non-hydrogen) atoms. The number of amides is 1. The van der Waals surface area contributed by atoms with Crippen molar-refractivity contribution in [1.29, 1.82) is 0 Å². The third kappa shape index (κ3) is 4.99. The van der Waals surface area contributed by atoms with Crippen LogP contribution in [-0.2, 0) is 11.3 Å². The third-order valence-electron chi connectivity index (χ3n) is 3.18. The van der Waals surface area contributed by atoms with Crippen LogP contribution in [0.3, 0.4) is 0 Å². The molecule has 1 aromatic heterocycles. The Morgan fingerprint density at radius 1 is 1.45 bits per heavy atom. The Morgan fingerprint density at radius 2 is 2.20 bits per heavy atom. The van der Waals surface area contributed by atoms with Gasteiger partial charge in [-0.15, -0.1) is 0 Å². The van der Waals surface area contributed by atoms with Gasteiger partial charge in [-0.05, 0) is 13.3 Å². The molecular formula is C13H22N4O3. The van der Waals surface area contributed by atoms with E-state index in [1.54, 1.807) is 6.92 Å². The zero-order chi connectivity index (χ0) is 15.0. The predicted octanol–water partition coefficient (Wildman–Crippen LogP) is 2.19. The van der Waals surface area contributed by atoms with Gasteiger partial charge in [0.05, 0.1) is 11.5 Å². The SMILES string of the molecule is CCCCCCNC(=O)CCn1ncc([N+](=O)[O-])c1C. The van der Waals surface area contributed by atoms with Gasteiger partial charge in [-0.1, -0.05) is 26.2 Å². The van der Waals surface area contributed by atoms with E-state index in [1.165, 1.54) is 23.7 Å². The lowest BCUT2D eigenvalue weighted by molar-refractivity contribution is -0.385. The van der Waals surface area contributed by atoms with Gasteiger partial charge in [-0.2, -0.15) is 5.10 Å². The average molecular weight is 282 g/mol. The minimum Gasteiger partial charge on any atom is -0.356 e. The predicted molar refractivity (Wildman–Crippen MR) is 75.4 cm³/mol. The van der Waals surface area contributed by atoms with Gasteiger partial charge in [0.1, 0.15) is 11.9 Å². The van der Waals surface area contributed by atoms with Crippen LogP contribution in [0.5, 0.6) is 0 Å². The van der Waals surface area contributed by atoms with E-state index in [1.807, 2.05) is 0 Å². The van der Waals surface area contributed by atoms with Crippen molar-refractivity contribution in [2.45, 2.75) is 52.5 Å². The molecule has 1 rings (SSSR count). The van der Waals surface area contributed by atoms with Crippen molar-refractivity contribution in [3.8, 4) is 0 Å². The number of nitro groups is 1. The van der Waals surface area contributed by atoms with Crippen molar-refractivity contribution >= 4 is 11.6 Å². The fourth-order valence-corrected chi connectivity index (χ4v) is 1.92. The maximum Gasteiger partial charge on any atom is 0.309 e.